The summed E-state index contributed by atoms with van der Waals surface area (Å²) in [6.07, 6.45) is 0. The normalized spacial score (nSPS) is 11.9. The molecule has 6 heteroatoms. The zero-order valence-corrected chi connectivity index (χ0v) is 11.2. The van der Waals surface area contributed by atoms with Crippen LogP contribution in [0.1, 0.15) is 28.9 Å². The molecule has 2 rings (SSSR count). The Morgan fingerprint density at radius 1 is 1.19 bits per heavy atom. The zero-order valence-electron chi connectivity index (χ0n) is 11.2. The minimum absolute atomic E-state index is 0.00476. The van der Waals surface area contributed by atoms with Gasteiger partial charge in [0.25, 0.3) is 0 Å². The van der Waals surface area contributed by atoms with E-state index in [1.165, 1.54) is 30.3 Å². The maximum atomic E-state index is 13.7. The van der Waals surface area contributed by atoms with Crippen molar-refractivity contribution in [3.05, 3.63) is 53.3 Å². The zero-order chi connectivity index (χ0) is 15.6. The molecule has 0 spiro atoms. The second-order valence-corrected chi connectivity index (χ2v) is 4.61. The van der Waals surface area contributed by atoms with Gasteiger partial charge in [-0.15, -0.1) is 0 Å². The van der Waals surface area contributed by atoms with Crippen LogP contribution >= 0.6 is 0 Å². The van der Waals surface area contributed by atoms with Crippen molar-refractivity contribution in [2.75, 3.05) is 5.32 Å². The van der Waals surface area contributed by atoms with Crippen LogP contribution in [0.25, 0.3) is 0 Å². The summed E-state index contributed by atoms with van der Waals surface area (Å²) in [6, 6.07) is 6.88. The summed E-state index contributed by atoms with van der Waals surface area (Å²) in [5, 5.41) is 30.9. The number of hydrogen-bond donors (Lipinski definition) is 4. The number of phenolic OH excluding ortho intramolecular Hbond substituents is 2. The van der Waals surface area contributed by atoms with Gasteiger partial charge in [0.05, 0.1) is 17.3 Å². The Morgan fingerprint density at radius 2 is 1.90 bits per heavy atom. The fourth-order valence-corrected chi connectivity index (χ4v) is 1.97. The molecule has 1 atom stereocenters. The lowest BCUT2D eigenvalue weighted by Gasteiger charge is -2.18. The minimum atomic E-state index is -1.16. The van der Waals surface area contributed by atoms with E-state index in [1.807, 2.05) is 0 Å². The molecule has 0 heterocycles. The Bertz CT molecular complexity index is 687. The van der Waals surface area contributed by atoms with Crippen LogP contribution in [0.15, 0.2) is 36.4 Å². The first-order valence-corrected chi connectivity index (χ1v) is 6.19. The number of nitrogens with one attached hydrogen (secondary N) is 1. The smallest absolute Gasteiger partial charge is 0.335 e. The van der Waals surface area contributed by atoms with E-state index in [4.69, 9.17) is 5.11 Å². The number of carboxylic acid groups (broad SMARTS) is 1. The van der Waals surface area contributed by atoms with Crippen LogP contribution in [-0.2, 0) is 0 Å². The number of aromatic hydroxyl groups is 2. The summed E-state index contributed by atoms with van der Waals surface area (Å²) in [5.41, 5.74) is 0.325. The summed E-state index contributed by atoms with van der Waals surface area (Å²) in [4.78, 5) is 10.9. The van der Waals surface area contributed by atoms with Crippen LogP contribution in [0, 0.1) is 5.82 Å². The SMILES string of the molecule is CC(Nc1cc(C(=O)O)ccc1F)c1cc(O)ccc1O. The van der Waals surface area contributed by atoms with Gasteiger partial charge in [-0.25, -0.2) is 9.18 Å². The molecule has 0 aromatic heterocycles. The van der Waals surface area contributed by atoms with Gasteiger partial charge in [-0.3, -0.25) is 0 Å². The average Bonchev–Trinajstić information content (AvgIpc) is 2.43. The Kier molecular flexibility index (Phi) is 3.98. The summed E-state index contributed by atoms with van der Waals surface area (Å²) in [5.74, 6) is -1.85. The van der Waals surface area contributed by atoms with E-state index in [2.05, 4.69) is 5.32 Å². The number of rotatable bonds is 4. The first-order chi connectivity index (χ1) is 9.88. The van der Waals surface area contributed by atoms with Gasteiger partial charge in [0.15, 0.2) is 0 Å². The van der Waals surface area contributed by atoms with E-state index in [1.54, 1.807) is 6.92 Å². The monoisotopic (exact) mass is 291 g/mol. The molecule has 2 aromatic carbocycles. The van der Waals surface area contributed by atoms with Gasteiger partial charge < -0.3 is 20.6 Å². The minimum Gasteiger partial charge on any atom is -0.508 e. The largest absolute Gasteiger partial charge is 0.508 e. The van der Waals surface area contributed by atoms with Crippen molar-refractivity contribution < 1.29 is 24.5 Å². The van der Waals surface area contributed by atoms with Crippen molar-refractivity contribution in [1.82, 2.24) is 0 Å². The van der Waals surface area contributed by atoms with Crippen LogP contribution in [0.4, 0.5) is 10.1 Å². The van der Waals surface area contributed by atoms with E-state index in [9.17, 15) is 19.4 Å². The Balaban J connectivity index is 2.31. The highest BCUT2D eigenvalue weighted by molar-refractivity contribution is 5.88. The van der Waals surface area contributed by atoms with Gasteiger partial charge in [-0.05, 0) is 43.3 Å². The fraction of sp³-hybridized carbons (Fsp3) is 0.133. The van der Waals surface area contributed by atoms with Crippen LogP contribution in [0.3, 0.4) is 0 Å². The molecule has 5 nitrogen and oxygen atoms in total. The molecule has 0 radical (unpaired) electrons. The maximum Gasteiger partial charge on any atom is 0.335 e. The molecular formula is C15H14FNO4. The predicted octanol–water partition coefficient (Wildman–Crippen LogP) is 3.11. The molecule has 0 saturated carbocycles. The second-order valence-electron chi connectivity index (χ2n) is 4.61. The standard InChI is InChI=1S/C15H14FNO4/c1-8(11-7-10(18)3-5-14(11)19)17-13-6-9(15(20)21)2-4-12(13)16/h2-8,17-19H,1H3,(H,20,21). The quantitative estimate of drug-likeness (QED) is 0.650. The van der Waals surface area contributed by atoms with Gasteiger partial charge in [-0.1, -0.05) is 0 Å². The van der Waals surface area contributed by atoms with Crippen LogP contribution < -0.4 is 5.32 Å². The number of carboxylic acids is 1. The highest BCUT2D eigenvalue weighted by Crippen LogP contribution is 2.30. The van der Waals surface area contributed by atoms with Crippen LogP contribution in [0.5, 0.6) is 11.5 Å². The number of halogens is 1. The van der Waals surface area contributed by atoms with E-state index in [0.29, 0.717) is 5.56 Å². The van der Waals surface area contributed by atoms with E-state index in [-0.39, 0.29) is 22.7 Å². The number of phenols is 2. The molecule has 21 heavy (non-hydrogen) atoms. The molecule has 2 aromatic rings. The highest BCUT2D eigenvalue weighted by Gasteiger charge is 2.14. The molecule has 0 aliphatic carbocycles. The first kappa shape index (κ1) is 14.6. The molecule has 4 N–H and O–H groups in total. The summed E-state index contributed by atoms with van der Waals surface area (Å²) < 4.78 is 13.7. The summed E-state index contributed by atoms with van der Waals surface area (Å²) >= 11 is 0. The first-order valence-electron chi connectivity index (χ1n) is 6.19. The van der Waals surface area contributed by atoms with E-state index in [0.717, 1.165) is 6.07 Å². The summed E-state index contributed by atoms with van der Waals surface area (Å²) in [7, 11) is 0. The predicted molar refractivity (Wildman–Crippen MR) is 75.2 cm³/mol. The van der Waals surface area contributed by atoms with E-state index < -0.39 is 17.8 Å². The third-order valence-corrected chi connectivity index (χ3v) is 3.06. The number of aromatic carboxylic acids is 1. The second kappa shape index (κ2) is 5.70. The van der Waals surface area contributed by atoms with Crippen molar-refractivity contribution in [3.8, 4) is 11.5 Å². The lowest BCUT2D eigenvalue weighted by atomic mass is 10.1. The topological polar surface area (TPSA) is 89.8 Å². The molecule has 0 aliphatic heterocycles. The van der Waals surface area contributed by atoms with Crippen molar-refractivity contribution in [1.29, 1.82) is 0 Å². The lowest BCUT2D eigenvalue weighted by molar-refractivity contribution is 0.0697. The molecule has 0 bridgehead atoms. The Labute approximate surface area is 120 Å². The third-order valence-electron chi connectivity index (χ3n) is 3.06. The van der Waals surface area contributed by atoms with Crippen LogP contribution in [0.2, 0.25) is 0 Å². The Hall–Kier alpha value is -2.76. The maximum absolute atomic E-state index is 13.7. The van der Waals surface area contributed by atoms with Gasteiger partial charge >= 0.3 is 5.97 Å². The molecule has 1 unspecified atom stereocenters. The lowest BCUT2D eigenvalue weighted by Crippen LogP contribution is -2.09. The summed E-state index contributed by atoms with van der Waals surface area (Å²) in [6.45, 7) is 1.65. The third kappa shape index (κ3) is 3.22. The van der Waals surface area contributed by atoms with E-state index >= 15 is 0 Å². The van der Waals surface area contributed by atoms with Crippen molar-refractivity contribution >= 4 is 11.7 Å². The van der Waals surface area contributed by atoms with Crippen molar-refractivity contribution in [3.63, 3.8) is 0 Å². The molecular weight excluding hydrogens is 277 g/mol. The highest BCUT2D eigenvalue weighted by atomic mass is 19.1. The molecule has 0 saturated heterocycles. The van der Waals surface area contributed by atoms with Crippen molar-refractivity contribution in [2.24, 2.45) is 0 Å². The Morgan fingerprint density at radius 3 is 2.57 bits per heavy atom. The van der Waals surface area contributed by atoms with Gasteiger partial charge in [0.1, 0.15) is 17.3 Å². The van der Waals surface area contributed by atoms with Gasteiger partial charge in [0, 0.05) is 5.56 Å². The number of carbonyl (C=O) groups is 1. The van der Waals surface area contributed by atoms with Crippen LogP contribution in [-0.4, -0.2) is 21.3 Å². The molecule has 0 amide bonds. The van der Waals surface area contributed by atoms with Crippen molar-refractivity contribution in [2.45, 2.75) is 13.0 Å². The molecule has 0 aliphatic rings. The average molecular weight is 291 g/mol. The molecule has 110 valence electrons. The number of anilines is 1. The number of benzene rings is 2. The van der Waals surface area contributed by atoms with Gasteiger partial charge in [0.2, 0.25) is 0 Å². The van der Waals surface area contributed by atoms with Gasteiger partial charge in [-0.2, -0.15) is 0 Å². The number of hydrogen-bond acceptors (Lipinski definition) is 4. The molecule has 0 fully saturated rings. The fourth-order valence-electron chi connectivity index (χ4n) is 1.97.